The van der Waals surface area contributed by atoms with Gasteiger partial charge in [0.1, 0.15) is 11.7 Å². The van der Waals surface area contributed by atoms with Gasteiger partial charge in [0.05, 0.1) is 5.04 Å². The Morgan fingerprint density at radius 2 is 1.29 bits per heavy atom. The van der Waals surface area contributed by atoms with Crippen molar-refractivity contribution < 1.29 is 4.57 Å². The molecule has 0 bridgehead atoms. The average Bonchev–Trinajstić information content (AvgIpc) is 3.78. The quantitative estimate of drug-likeness (QED) is 0.0317. The molecule has 0 saturated heterocycles. The average molecular weight is 702 g/mol. The van der Waals surface area contributed by atoms with Gasteiger partial charge in [0.15, 0.2) is 0 Å². The summed E-state index contributed by atoms with van der Waals surface area (Å²) < 4.78 is 8.40. The summed E-state index contributed by atoms with van der Waals surface area (Å²) in [6, 6.07) is 36.5. The minimum Gasteiger partial charge on any atom is -0.346 e. The summed E-state index contributed by atoms with van der Waals surface area (Å²) in [6.45, 7) is 1.95. The van der Waals surface area contributed by atoms with Crippen molar-refractivity contribution in [2.45, 2.75) is 18.0 Å². The Kier molecular flexibility index (Phi) is 10.5. The monoisotopic (exact) mass is 701 g/mol. The first-order chi connectivity index (χ1) is 23.7. The highest BCUT2D eigenvalue weighted by atomic mass is 33.1. The lowest BCUT2D eigenvalue weighted by Crippen LogP contribution is -2.28. The SMILES string of the molecule is C/N=C(\C=C\c1cn(CCSSCCn2cc(/C=C/c3sc4ccccc4[n+]3C)c3ccccc32)c2ccccc12)Sc1ccccc1. The molecule has 8 heteroatoms. The summed E-state index contributed by atoms with van der Waals surface area (Å²) in [5.74, 6) is 2.10. The number of aliphatic imine (C=N–C) groups is 1. The van der Waals surface area contributed by atoms with E-state index in [1.165, 1.54) is 53.1 Å². The molecule has 4 aromatic carbocycles. The molecule has 0 fully saturated rings. The molecule has 3 heterocycles. The fourth-order valence-electron chi connectivity index (χ4n) is 5.93. The van der Waals surface area contributed by atoms with Gasteiger partial charge in [-0.05, 0) is 42.5 Å². The zero-order valence-corrected chi connectivity index (χ0v) is 30.3. The normalized spacial score (nSPS) is 12.5. The van der Waals surface area contributed by atoms with E-state index in [2.05, 4.69) is 160 Å². The van der Waals surface area contributed by atoms with Crippen LogP contribution in [0.25, 0.3) is 50.3 Å². The molecule has 0 amide bonds. The largest absolute Gasteiger partial charge is 0.346 e. The minimum atomic E-state index is 0.968. The van der Waals surface area contributed by atoms with E-state index in [-0.39, 0.29) is 0 Å². The third kappa shape index (κ3) is 7.37. The molecule has 4 nitrogen and oxygen atoms in total. The number of aromatic nitrogens is 3. The van der Waals surface area contributed by atoms with Crippen LogP contribution < -0.4 is 4.57 Å². The number of para-hydroxylation sites is 3. The number of rotatable bonds is 12. The summed E-state index contributed by atoms with van der Waals surface area (Å²) in [5, 5.41) is 4.82. The van der Waals surface area contributed by atoms with Crippen LogP contribution in [0.1, 0.15) is 16.1 Å². The number of hydrogen-bond acceptors (Lipinski definition) is 5. The molecule has 3 aromatic heterocycles. The maximum atomic E-state index is 4.51. The van der Waals surface area contributed by atoms with Crippen molar-refractivity contribution >= 4 is 100.0 Å². The molecule has 240 valence electrons. The first-order valence-corrected chi connectivity index (χ1v) is 20.1. The van der Waals surface area contributed by atoms with E-state index in [4.69, 9.17) is 0 Å². The van der Waals surface area contributed by atoms with Crippen LogP contribution >= 0.6 is 44.7 Å². The van der Waals surface area contributed by atoms with Gasteiger partial charge in [-0.2, -0.15) is 4.57 Å². The summed E-state index contributed by atoms with van der Waals surface area (Å²) in [6.07, 6.45) is 13.5. The standard InChI is InChI=1S/C40H37N4S4/c1-41-39(47-32-12-4-3-5-13-32)22-20-30-28-43(35-16-8-6-14-33(30)35)24-26-45-46-27-25-44-29-31(34-15-7-9-17-36(34)44)21-23-40-42(2)37-18-10-11-19-38(37)48-40/h3-23,28-29H,24-27H2,1-2H3/q+1/b22-20+,41-39+. The van der Waals surface area contributed by atoms with Gasteiger partial charge in [-0.25, -0.2) is 0 Å². The van der Waals surface area contributed by atoms with E-state index < -0.39 is 0 Å². The van der Waals surface area contributed by atoms with Crippen LogP contribution in [0.2, 0.25) is 0 Å². The number of aryl methyl sites for hydroxylation is 3. The summed E-state index contributed by atoms with van der Waals surface area (Å²) in [5.41, 5.74) is 6.33. The molecule has 0 aliphatic heterocycles. The molecule has 0 unspecified atom stereocenters. The van der Waals surface area contributed by atoms with E-state index in [0.717, 1.165) is 29.6 Å². The minimum absolute atomic E-state index is 0.968. The van der Waals surface area contributed by atoms with Gasteiger partial charge in [-0.1, -0.05) is 117 Å². The lowest BCUT2D eigenvalue weighted by Gasteiger charge is -2.06. The van der Waals surface area contributed by atoms with Gasteiger partial charge >= 0.3 is 0 Å². The smallest absolute Gasteiger partial charge is 0.262 e. The van der Waals surface area contributed by atoms with Crippen LogP contribution in [-0.4, -0.2) is 32.7 Å². The van der Waals surface area contributed by atoms with Crippen LogP contribution in [-0.2, 0) is 20.1 Å². The van der Waals surface area contributed by atoms with E-state index in [1.54, 1.807) is 11.8 Å². The highest BCUT2D eigenvalue weighted by Crippen LogP contribution is 2.29. The van der Waals surface area contributed by atoms with Crippen LogP contribution in [0.3, 0.4) is 0 Å². The number of hydrogen-bond donors (Lipinski definition) is 0. The van der Waals surface area contributed by atoms with Crippen molar-refractivity contribution in [1.82, 2.24) is 9.13 Å². The van der Waals surface area contributed by atoms with Gasteiger partial charge in [0.25, 0.3) is 5.01 Å². The zero-order chi connectivity index (χ0) is 32.7. The lowest BCUT2D eigenvalue weighted by molar-refractivity contribution is -0.642. The molecule has 0 aliphatic rings. The predicted octanol–water partition coefficient (Wildman–Crippen LogP) is 10.7. The third-order valence-corrected chi connectivity index (χ3v) is 12.9. The second kappa shape index (κ2) is 15.5. The topological polar surface area (TPSA) is 26.1 Å². The molecule has 48 heavy (non-hydrogen) atoms. The molecule has 0 spiro atoms. The van der Waals surface area contributed by atoms with E-state index >= 15 is 0 Å². The maximum Gasteiger partial charge on any atom is 0.262 e. The van der Waals surface area contributed by atoms with Crippen LogP contribution in [0.15, 0.2) is 131 Å². The van der Waals surface area contributed by atoms with Gasteiger partial charge < -0.3 is 9.13 Å². The molecule has 7 aromatic rings. The maximum absolute atomic E-state index is 4.51. The Bertz CT molecular complexity index is 2260. The first kappa shape index (κ1) is 32.6. The predicted molar refractivity (Wildman–Crippen MR) is 215 cm³/mol. The van der Waals surface area contributed by atoms with Crippen LogP contribution in [0.5, 0.6) is 0 Å². The summed E-state index contributed by atoms with van der Waals surface area (Å²) >= 11 is 3.52. The molecule has 0 radical (unpaired) electrons. The highest BCUT2D eigenvalue weighted by molar-refractivity contribution is 8.76. The Labute approximate surface area is 298 Å². The number of thioether (sulfide) groups is 1. The fraction of sp³-hybridized carbons (Fsp3) is 0.150. The van der Waals surface area contributed by atoms with Gasteiger partial charge in [0, 0.05) is 94.0 Å². The first-order valence-electron chi connectivity index (χ1n) is 16.0. The number of fused-ring (bicyclic) bond motifs is 3. The van der Waals surface area contributed by atoms with Crippen LogP contribution in [0.4, 0.5) is 0 Å². The second-order valence-corrected chi connectivity index (χ2v) is 16.2. The molecular weight excluding hydrogens is 665 g/mol. The zero-order valence-electron chi connectivity index (χ0n) is 27.0. The Morgan fingerprint density at radius 3 is 1.94 bits per heavy atom. The lowest BCUT2D eigenvalue weighted by atomic mass is 10.1. The van der Waals surface area contributed by atoms with E-state index in [9.17, 15) is 0 Å². The fourth-order valence-corrected chi connectivity index (χ4v) is 9.67. The van der Waals surface area contributed by atoms with Gasteiger partial charge in [-0.3, -0.25) is 4.99 Å². The number of thiazole rings is 1. The van der Waals surface area contributed by atoms with Crippen molar-refractivity contribution in [3.8, 4) is 0 Å². The third-order valence-electron chi connectivity index (χ3n) is 8.32. The van der Waals surface area contributed by atoms with E-state index in [0.29, 0.717) is 0 Å². The second-order valence-electron chi connectivity index (χ2n) is 11.3. The van der Waals surface area contributed by atoms with Crippen molar-refractivity contribution in [3.63, 3.8) is 0 Å². The van der Waals surface area contributed by atoms with Crippen molar-refractivity contribution in [2.75, 3.05) is 18.6 Å². The summed E-state index contributed by atoms with van der Waals surface area (Å²) in [7, 11) is 7.93. The molecule has 0 atom stereocenters. The summed E-state index contributed by atoms with van der Waals surface area (Å²) in [4.78, 5) is 5.70. The Hall–Kier alpha value is -3.95. The van der Waals surface area contributed by atoms with Crippen LogP contribution in [0, 0.1) is 0 Å². The number of nitrogens with zero attached hydrogens (tertiary/aromatic N) is 4. The van der Waals surface area contributed by atoms with Gasteiger partial charge in [-0.15, -0.1) is 0 Å². The molecule has 7 rings (SSSR count). The van der Waals surface area contributed by atoms with Gasteiger partial charge in [0.2, 0.25) is 5.52 Å². The Morgan fingerprint density at radius 1 is 0.708 bits per heavy atom. The van der Waals surface area contributed by atoms with E-state index in [1.807, 2.05) is 46.0 Å². The van der Waals surface area contributed by atoms with Crippen molar-refractivity contribution in [3.05, 3.63) is 138 Å². The molecule has 0 aliphatic carbocycles. The Balaban J connectivity index is 0.960. The van der Waals surface area contributed by atoms with Crippen molar-refractivity contribution in [1.29, 1.82) is 0 Å². The molecular formula is C40H37N4S4+. The molecule has 0 saturated carbocycles. The van der Waals surface area contributed by atoms with Crippen molar-refractivity contribution in [2.24, 2.45) is 12.0 Å². The highest BCUT2D eigenvalue weighted by Gasteiger charge is 2.14. The number of benzene rings is 4. The molecule has 0 N–H and O–H groups in total.